The molecule has 0 spiro atoms. The van der Waals surface area contributed by atoms with Crippen LogP contribution in [0.5, 0.6) is 0 Å². The number of likely N-dealkylation sites (N-methyl/N-ethyl adjacent to an activating group) is 1. The van der Waals surface area contributed by atoms with Crippen LogP contribution in [0.1, 0.15) is 32.6 Å². The molecule has 1 amide bonds. The van der Waals surface area contributed by atoms with Crippen LogP contribution in [0, 0.1) is 11.8 Å². The molecule has 2 fully saturated rings. The second kappa shape index (κ2) is 6.53. The van der Waals surface area contributed by atoms with Gasteiger partial charge in [0.2, 0.25) is 5.91 Å². The predicted molar refractivity (Wildman–Crippen MR) is 73.2 cm³/mol. The van der Waals surface area contributed by atoms with Crippen LogP contribution in [0.2, 0.25) is 0 Å². The van der Waals surface area contributed by atoms with E-state index in [0.717, 1.165) is 45.6 Å². The summed E-state index contributed by atoms with van der Waals surface area (Å²) in [4.78, 5) is 17.1. The van der Waals surface area contributed by atoms with E-state index in [-0.39, 0.29) is 5.92 Å². The fourth-order valence-corrected chi connectivity index (χ4v) is 3.33. The van der Waals surface area contributed by atoms with Gasteiger partial charge in [0.15, 0.2) is 0 Å². The van der Waals surface area contributed by atoms with E-state index in [1.165, 1.54) is 12.8 Å². The number of carbonyl (C=O) groups excluding carboxylic acids is 1. The van der Waals surface area contributed by atoms with Gasteiger partial charge in [-0.2, -0.15) is 0 Å². The molecule has 2 atom stereocenters. The number of nitrogens with zero attached hydrogens (tertiary/aromatic N) is 2. The third-order valence-electron chi connectivity index (χ3n) is 4.66. The molecule has 2 N–H and O–H groups in total. The number of rotatable bonds is 3. The van der Waals surface area contributed by atoms with Gasteiger partial charge in [-0.3, -0.25) is 4.79 Å². The normalized spacial score (nSPS) is 30.4. The smallest absolute Gasteiger partial charge is 0.226 e. The van der Waals surface area contributed by atoms with Gasteiger partial charge in [-0.15, -0.1) is 0 Å². The first kappa shape index (κ1) is 13.8. The van der Waals surface area contributed by atoms with Crippen molar-refractivity contribution in [2.75, 3.05) is 39.3 Å². The highest BCUT2D eigenvalue weighted by Crippen LogP contribution is 2.31. The molecule has 0 bridgehead atoms. The summed E-state index contributed by atoms with van der Waals surface area (Å²) >= 11 is 0. The van der Waals surface area contributed by atoms with Gasteiger partial charge < -0.3 is 15.5 Å². The van der Waals surface area contributed by atoms with Crippen molar-refractivity contribution in [3.63, 3.8) is 0 Å². The summed E-state index contributed by atoms with van der Waals surface area (Å²) in [7, 11) is 0. The molecule has 2 aliphatic rings. The van der Waals surface area contributed by atoms with Gasteiger partial charge in [-0.05, 0) is 31.8 Å². The van der Waals surface area contributed by atoms with E-state index < -0.39 is 0 Å². The van der Waals surface area contributed by atoms with E-state index in [1.807, 2.05) is 0 Å². The Morgan fingerprint density at radius 2 is 1.83 bits per heavy atom. The lowest BCUT2D eigenvalue weighted by Crippen LogP contribution is -2.51. The monoisotopic (exact) mass is 253 g/mol. The second-order valence-electron chi connectivity index (χ2n) is 5.65. The predicted octanol–water partition coefficient (Wildman–Crippen LogP) is 0.916. The minimum atomic E-state index is 0.205. The minimum absolute atomic E-state index is 0.205. The van der Waals surface area contributed by atoms with Crippen LogP contribution < -0.4 is 5.73 Å². The molecule has 1 saturated carbocycles. The van der Waals surface area contributed by atoms with Crippen LogP contribution in [0.4, 0.5) is 0 Å². The lowest BCUT2D eigenvalue weighted by Gasteiger charge is -2.38. The largest absolute Gasteiger partial charge is 0.340 e. The Morgan fingerprint density at radius 3 is 2.44 bits per heavy atom. The summed E-state index contributed by atoms with van der Waals surface area (Å²) in [6, 6.07) is 0. The molecular formula is C14H27N3O. The second-order valence-corrected chi connectivity index (χ2v) is 5.65. The van der Waals surface area contributed by atoms with Crippen molar-refractivity contribution in [1.29, 1.82) is 0 Å². The van der Waals surface area contributed by atoms with Gasteiger partial charge in [-0.25, -0.2) is 0 Å². The first-order valence-electron chi connectivity index (χ1n) is 7.47. The zero-order valence-electron chi connectivity index (χ0n) is 11.6. The number of nitrogens with two attached hydrogens (primary N) is 1. The molecular weight excluding hydrogens is 226 g/mol. The van der Waals surface area contributed by atoms with E-state index in [2.05, 4.69) is 16.7 Å². The molecule has 0 aromatic heterocycles. The van der Waals surface area contributed by atoms with Crippen LogP contribution in [0.15, 0.2) is 0 Å². The zero-order valence-corrected chi connectivity index (χ0v) is 11.6. The van der Waals surface area contributed by atoms with Crippen molar-refractivity contribution in [2.24, 2.45) is 17.6 Å². The van der Waals surface area contributed by atoms with Gasteiger partial charge in [0.1, 0.15) is 0 Å². The summed E-state index contributed by atoms with van der Waals surface area (Å²) in [6.07, 6.45) is 4.63. The van der Waals surface area contributed by atoms with E-state index in [4.69, 9.17) is 5.73 Å². The van der Waals surface area contributed by atoms with Crippen LogP contribution in [-0.4, -0.2) is 55.0 Å². The highest BCUT2D eigenvalue weighted by Gasteiger charge is 2.33. The average molecular weight is 253 g/mol. The zero-order chi connectivity index (χ0) is 13.0. The van der Waals surface area contributed by atoms with E-state index in [9.17, 15) is 4.79 Å². The van der Waals surface area contributed by atoms with Crippen LogP contribution in [-0.2, 0) is 4.79 Å². The molecule has 2 unspecified atom stereocenters. The highest BCUT2D eigenvalue weighted by atomic mass is 16.2. The molecule has 4 nitrogen and oxygen atoms in total. The lowest BCUT2D eigenvalue weighted by molar-refractivity contribution is -0.140. The third-order valence-corrected chi connectivity index (χ3v) is 4.66. The van der Waals surface area contributed by atoms with Crippen LogP contribution >= 0.6 is 0 Å². The van der Waals surface area contributed by atoms with Crippen molar-refractivity contribution in [1.82, 2.24) is 9.80 Å². The van der Waals surface area contributed by atoms with E-state index in [1.54, 1.807) is 0 Å². The Balaban J connectivity index is 1.90. The Bertz CT molecular complexity index is 274. The molecule has 1 aliphatic heterocycles. The molecule has 1 heterocycles. The maximum absolute atomic E-state index is 12.6. The van der Waals surface area contributed by atoms with E-state index >= 15 is 0 Å². The van der Waals surface area contributed by atoms with Gasteiger partial charge >= 0.3 is 0 Å². The highest BCUT2D eigenvalue weighted by molar-refractivity contribution is 5.79. The molecule has 1 saturated heterocycles. The molecule has 0 aromatic rings. The van der Waals surface area contributed by atoms with Gasteiger partial charge in [-0.1, -0.05) is 19.8 Å². The summed E-state index contributed by atoms with van der Waals surface area (Å²) in [5.41, 5.74) is 5.83. The topological polar surface area (TPSA) is 49.6 Å². The Kier molecular flexibility index (Phi) is 5.01. The quantitative estimate of drug-likeness (QED) is 0.813. The fourth-order valence-electron chi connectivity index (χ4n) is 3.33. The van der Waals surface area contributed by atoms with Crippen molar-refractivity contribution < 1.29 is 4.79 Å². The molecule has 104 valence electrons. The Hall–Kier alpha value is -0.610. The third kappa shape index (κ3) is 3.04. The maximum Gasteiger partial charge on any atom is 0.226 e. The molecule has 2 rings (SSSR count). The molecule has 18 heavy (non-hydrogen) atoms. The number of hydrogen-bond acceptors (Lipinski definition) is 3. The number of hydrogen-bond donors (Lipinski definition) is 1. The summed E-state index contributed by atoms with van der Waals surface area (Å²) in [5, 5.41) is 0. The molecule has 1 aliphatic carbocycles. The van der Waals surface area contributed by atoms with Crippen molar-refractivity contribution in [3.8, 4) is 0 Å². The van der Waals surface area contributed by atoms with Crippen LogP contribution in [0.25, 0.3) is 0 Å². The summed E-state index contributed by atoms with van der Waals surface area (Å²) < 4.78 is 0. The fraction of sp³-hybridized carbons (Fsp3) is 0.929. The number of carbonyl (C=O) groups is 1. The SMILES string of the molecule is CCN1CCN(C(=O)C2CCCCC2CN)CC1. The van der Waals surface area contributed by atoms with E-state index in [0.29, 0.717) is 18.4 Å². The average Bonchev–Trinajstić information content (AvgIpc) is 2.46. The molecule has 0 radical (unpaired) electrons. The van der Waals surface area contributed by atoms with Crippen molar-refractivity contribution in [2.45, 2.75) is 32.6 Å². The number of piperazine rings is 1. The van der Waals surface area contributed by atoms with Gasteiger partial charge in [0, 0.05) is 32.1 Å². The Labute approximate surface area is 110 Å². The van der Waals surface area contributed by atoms with Crippen LogP contribution in [0.3, 0.4) is 0 Å². The summed E-state index contributed by atoms with van der Waals surface area (Å²) in [6.45, 7) is 7.82. The first-order valence-corrected chi connectivity index (χ1v) is 7.47. The minimum Gasteiger partial charge on any atom is -0.340 e. The standard InChI is InChI=1S/C14H27N3O/c1-2-16-7-9-17(10-8-16)14(18)13-6-4-3-5-12(13)11-15/h12-13H,2-11,15H2,1H3. The Morgan fingerprint density at radius 1 is 1.17 bits per heavy atom. The molecule has 0 aromatic carbocycles. The van der Waals surface area contributed by atoms with Crippen molar-refractivity contribution >= 4 is 5.91 Å². The summed E-state index contributed by atoms with van der Waals surface area (Å²) in [5.74, 6) is 1.01. The van der Waals surface area contributed by atoms with Crippen molar-refractivity contribution in [3.05, 3.63) is 0 Å². The maximum atomic E-state index is 12.6. The lowest BCUT2D eigenvalue weighted by atomic mass is 9.78. The van der Waals surface area contributed by atoms with Gasteiger partial charge in [0.05, 0.1) is 0 Å². The first-order chi connectivity index (χ1) is 8.76. The molecule has 4 heteroatoms. The number of amides is 1. The van der Waals surface area contributed by atoms with Gasteiger partial charge in [0.25, 0.3) is 0 Å².